The first-order valence-electron chi connectivity index (χ1n) is 12.2. The minimum atomic E-state index is -3.99. The van der Waals surface area contributed by atoms with Gasteiger partial charge < -0.3 is 22.6 Å². The fourth-order valence-corrected chi connectivity index (χ4v) is 5.10. The second-order valence-electron chi connectivity index (χ2n) is 9.49. The van der Waals surface area contributed by atoms with Crippen molar-refractivity contribution < 1.29 is 39.4 Å². The highest BCUT2D eigenvalue weighted by Crippen LogP contribution is 2.51. The van der Waals surface area contributed by atoms with Gasteiger partial charge in [0.05, 0.1) is 32.3 Å². The third-order valence-corrected chi connectivity index (χ3v) is 6.70. The summed E-state index contributed by atoms with van der Waals surface area (Å²) in [6, 6.07) is 11.6. The van der Waals surface area contributed by atoms with Gasteiger partial charge in [-0.05, 0) is 86.4 Å². The van der Waals surface area contributed by atoms with Crippen molar-refractivity contribution in [3.8, 4) is 51.0 Å². The monoisotopic (exact) mass is 590 g/mol. The van der Waals surface area contributed by atoms with Crippen molar-refractivity contribution in [1.29, 1.82) is 0 Å². The maximum atomic E-state index is 12.4. The molecule has 0 aliphatic rings. The maximum Gasteiger partial charge on any atom is 0.306 e. The molecule has 3 rings (SSSR count). The number of allylic oxidation sites excluding steroid dienone is 1. The number of hydrogen-bond acceptors (Lipinski definition) is 9. The zero-order valence-corrected chi connectivity index (χ0v) is 25.4. The highest BCUT2D eigenvalue weighted by atomic mass is 32.2. The van der Waals surface area contributed by atoms with Gasteiger partial charge in [-0.15, -0.1) is 0 Å². The van der Waals surface area contributed by atoms with Crippen molar-refractivity contribution in [3.05, 3.63) is 65.2 Å². The van der Waals surface area contributed by atoms with Gasteiger partial charge in [0.25, 0.3) is 0 Å². The van der Waals surface area contributed by atoms with Gasteiger partial charge in [-0.25, -0.2) is 0 Å². The van der Waals surface area contributed by atoms with E-state index in [-0.39, 0.29) is 17.2 Å². The molecule has 3 aromatic carbocycles. The lowest BCUT2D eigenvalue weighted by atomic mass is 9.94. The van der Waals surface area contributed by atoms with Crippen LogP contribution in [0.1, 0.15) is 25.0 Å². The Hall–Kier alpha value is -3.70. The maximum absolute atomic E-state index is 12.4. The molecule has 0 N–H and O–H groups in total. The van der Waals surface area contributed by atoms with E-state index in [4.69, 9.17) is 22.6 Å². The summed E-state index contributed by atoms with van der Waals surface area (Å²) >= 11 is 0. The average Bonchev–Trinajstić information content (AvgIpc) is 2.83. The number of ether oxygens (including phenoxy) is 3. The standard InChI is InChI=1S/C29H34O9S2/c1-18(2)13-14-36-27-19(3)15-22(16-20(27)4)26-25(34-5)17-24(28(35-6)29(26)38-40(8,32)33)21-9-11-23(12-10-21)37-39(7,30)31/h9-13,15-17H,14H2,1-8H3. The van der Waals surface area contributed by atoms with Crippen LogP contribution in [0.5, 0.6) is 28.7 Å². The van der Waals surface area contributed by atoms with Gasteiger partial charge in [0.2, 0.25) is 0 Å². The largest absolute Gasteiger partial charge is 0.496 e. The Morgan fingerprint density at radius 2 is 1.32 bits per heavy atom. The Bertz CT molecular complexity index is 1610. The summed E-state index contributed by atoms with van der Waals surface area (Å²) in [5.74, 6) is 1.29. The van der Waals surface area contributed by atoms with E-state index in [1.165, 1.54) is 26.4 Å². The Kier molecular flexibility index (Phi) is 9.42. The van der Waals surface area contributed by atoms with E-state index in [1.807, 2.05) is 45.9 Å². The molecule has 0 bridgehead atoms. The van der Waals surface area contributed by atoms with Crippen LogP contribution in [0.4, 0.5) is 0 Å². The summed E-state index contributed by atoms with van der Waals surface area (Å²) in [4.78, 5) is 0. The lowest BCUT2D eigenvalue weighted by Gasteiger charge is -2.21. The second kappa shape index (κ2) is 12.2. The summed E-state index contributed by atoms with van der Waals surface area (Å²) in [5, 5.41) is 0. The van der Waals surface area contributed by atoms with Gasteiger partial charge in [0.1, 0.15) is 23.9 Å². The lowest BCUT2D eigenvalue weighted by molar-refractivity contribution is 0.357. The average molecular weight is 591 g/mol. The van der Waals surface area contributed by atoms with Crippen LogP contribution in [0.15, 0.2) is 54.1 Å². The van der Waals surface area contributed by atoms with Crippen molar-refractivity contribution in [2.24, 2.45) is 0 Å². The molecule has 0 fully saturated rings. The van der Waals surface area contributed by atoms with Gasteiger partial charge in [0, 0.05) is 5.56 Å². The molecule has 0 saturated carbocycles. The van der Waals surface area contributed by atoms with E-state index >= 15 is 0 Å². The molecule has 216 valence electrons. The van der Waals surface area contributed by atoms with Crippen LogP contribution in [0, 0.1) is 13.8 Å². The minimum Gasteiger partial charge on any atom is -0.496 e. The predicted octanol–water partition coefficient (Wildman–Crippen LogP) is 5.68. The van der Waals surface area contributed by atoms with Gasteiger partial charge in [-0.3, -0.25) is 0 Å². The molecule has 0 amide bonds. The Morgan fingerprint density at radius 3 is 1.80 bits per heavy atom. The number of hydrogen-bond donors (Lipinski definition) is 0. The summed E-state index contributed by atoms with van der Waals surface area (Å²) in [6.07, 6.45) is 3.88. The first-order chi connectivity index (χ1) is 18.6. The molecule has 40 heavy (non-hydrogen) atoms. The van der Waals surface area contributed by atoms with Crippen LogP contribution in [0.25, 0.3) is 22.3 Å². The van der Waals surface area contributed by atoms with Gasteiger partial charge >= 0.3 is 20.2 Å². The van der Waals surface area contributed by atoms with E-state index in [9.17, 15) is 16.8 Å². The SMILES string of the molecule is COc1cc(-c2ccc(OS(C)(=O)=O)cc2)c(OC)c(OS(C)(=O)=O)c1-c1cc(C)c(OCC=C(C)C)c(C)c1. The number of benzene rings is 3. The third-order valence-electron chi connectivity index (χ3n) is 5.74. The topological polar surface area (TPSA) is 114 Å². The van der Waals surface area contributed by atoms with E-state index < -0.39 is 20.2 Å². The fourth-order valence-electron chi connectivity index (χ4n) is 4.18. The van der Waals surface area contributed by atoms with Crippen molar-refractivity contribution >= 4 is 20.2 Å². The number of methoxy groups -OCH3 is 2. The molecule has 0 aliphatic heterocycles. The summed E-state index contributed by atoms with van der Waals surface area (Å²) < 4.78 is 75.7. The Balaban J connectivity index is 2.26. The Labute approximate surface area is 236 Å². The molecule has 0 unspecified atom stereocenters. The Morgan fingerprint density at radius 1 is 0.750 bits per heavy atom. The van der Waals surface area contributed by atoms with Gasteiger partial charge in [0.15, 0.2) is 11.5 Å². The molecule has 0 spiro atoms. The van der Waals surface area contributed by atoms with Crippen LogP contribution < -0.4 is 22.6 Å². The minimum absolute atomic E-state index is 0.0483. The first kappa shape index (κ1) is 30.8. The molecule has 3 aromatic rings. The fraction of sp³-hybridized carbons (Fsp3) is 0.310. The van der Waals surface area contributed by atoms with E-state index in [0.29, 0.717) is 34.6 Å². The normalized spacial score (nSPS) is 11.5. The molecule has 0 radical (unpaired) electrons. The molecule has 11 heteroatoms. The summed E-state index contributed by atoms with van der Waals surface area (Å²) in [5.41, 5.74) is 4.89. The van der Waals surface area contributed by atoms with Crippen LogP contribution in [0.3, 0.4) is 0 Å². The molecule has 0 aliphatic carbocycles. The zero-order valence-electron chi connectivity index (χ0n) is 23.8. The molecular weight excluding hydrogens is 556 g/mol. The van der Waals surface area contributed by atoms with Crippen LogP contribution in [-0.4, -0.2) is 50.2 Å². The third kappa shape index (κ3) is 7.70. The molecular formula is C29H34O9S2. The van der Waals surface area contributed by atoms with Gasteiger partial charge in [-0.2, -0.15) is 16.8 Å². The summed E-state index contributed by atoms with van der Waals surface area (Å²) in [7, 11) is -4.82. The molecule has 0 heterocycles. The van der Waals surface area contributed by atoms with Crippen LogP contribution in [0.2, 0.25) is 0 Å². The zero-order chi connectivity index (χ0) is 29.8. The van der Waals surface area contributed by atoms with Crippen LogP contribution in [-0.2, 0) is 20.2 Å². The quantitative estimate of drug-likeness (QED) is 0.206. The lowest BCUT2D eigenvalue weighted by Crippen LogP contribution is -2.09. The van der Waals surface area contributed by atoms with Crippen molar-refractivity contribution in [2.75, 3.05) is 33.3 Å². The highest BCUT2D eigenvalue weighted by molar-refractivity contribution is 7.86. The number of aryl methyl sites for hydroxylation is 2. The molecule has 0 aromatic heterocycles. The number of rotatable bonds is 11. The smallest absolute Gasteiger partial charge is 0.306 e. The van der Waals surface area contributed by atoms with E-state index in [0.717, 1.165) is 35.0 Å². The molecule has 9 nitrogen and oxygen atoms in total. The van der Waals surface area contributed by atoms with Crippen molar-refractivity contribution in [1.82, 2.24) is 0 Å². The first-order valence-corrected chi connectivity index (χ1v) is 15.8. The van der Waals surface area contributed by atoms with E-state index in [1.54, 1.807) is 18.2 Å². The molecule has 0 saturated heterocycles. The highest BCUT2D eigenvalue weighted by Gasteiger charge is 2.27. The van der Waals surface area contributed by atoms with Crippen molar-refractivity contribution in [2.45, 2.75) is 27.7 Å². The van der Waals surface area contributed by atoms with Crippen molar-refractivity contribution in [3.63, 3.8) is 0 Å². The molecule has 0 atom stereocenters. The van der Waals surface area contributed by atoms with Gasteiger partial charge in [-0.1, -0.05) is 17.7 Å². The second-order valence-corrected chi connectivity index (χ2v) is 12.6. The predicted molar refractivity (Wildman–Crippen MR) is 156 cm³/mol. The summed E-state index contributed by atoms with van der Waals surface area (Å²) in [6.45, 7) is 8.23. The van der Waals surface area contributed by atoms with E-state index in [2.05, 4.69) is 0 Å². The van der Waals surface area contributed by atoms with Crippen LogP contribution >= 0.6 is 0 Å².